The smallest absolute Gasteiger partial charge is 0.268 e. The van der Waals surface area contributed by atoms with Crippen molar-refractivity contribution >= 4 is 27.5 Å². The lowest BCUT2D eigenvalue weighted by Gasteiger charge is -2.26. The van der Waals surface area contributed by atoms with E-state index in [1.165, 1.54) is 20.7 Å². The molecule has 1 fully saturated rings. The van der Waals surface area contributed by atoms with Gasteiger partial charge in [0.2, 0.25) is 0 Å². The van der Waals surface area contributed by atoms with Gasteiger partial charge in [0.15, 0.2) is 0 Å². The van der Waals surface area contributed by atoms with Crippen molar-refractivity contribution in [1.82, 2.24) is 14.8 Å². The maximum atomic E-state index is 12.9. The van der Waals surface area contributed by atoms with Crippen LogP contribution in [0, 0.1) is 13.8 Å². The van der Waals surface area contributed by atoms with E-state index in [2.05, 4.69) is 59.0 Å². The Balaban J connectivity index is 1.52. The van der Waals surface area contributed by atoms with Gasteiger partial charge in [-0.2, -0.15) is 0 Å². The molecule has 0 unspecified atom stereocenters. The minimum Gasteiger partial charge on any atom is -0.379 e. The van der Waals surface area contributed by atoms with Crippen molar-refractivity contribution in [2.75, 3.05) is 39.4 Å². The first-order chi connectivity index (χ1) is 13.6. The molecule has 0 saturated carbocycles. The van der Waals surface area contributed by atoms with Crippen LogP contribution in [0.3, 0.4) is 0 Å². The molecule has 0 atom stereocenters. The lowest BCUT2D eigenvalue weighted by molar-refractivity contribution is 0.0383. The van der Waals surface area contributed by atoms with E-state index < -0.39 is 0 Å². The van der Waals surface area contributed by atoms with Crippen LogP contribution in [0.25, 0.3) is 10.2 Å². The predicted molar refractivity (Wildman–Crippen MR) is 114 cm³/mol. The van der Waals surface area contributed by atoms with Crippen LogP contribution >= 0.6 is 11.3 Å². The molecule has 1 N–H and O–H groups in total. The Morgan fingerprint density at radius 1 is 1.18 bits per heavy atom. The highest BCUT2D eigenvalue weighted by Gasteiger charge is 2.18. The van der Waals surface area contributed by atoms with Crippen LogP contribution < -0.4 is 5.32 Å². The number of hydrogen-bond donors (Lipinski definition) is 1. The molecule has 28 heavy (non-hydrogen) atoms. The van der Waals surface area contributed by atoms with Crippen LogP contribution in [0.4, 0.5) is 0 Å². The average molecular weight is 398 g/mol. The van der Waals surface area contributed by atoms with E-state index in [1.807, 2.05) is 6.07 Å². The Morgan fingerprint density at radius 3 is 2.79 bits per heavy atom. The zero-order valence-electron chi connectivity index (χ0n) is 16.5. The highest BCUT2D eigenvalue weighted by Crippen LogP contribution is 2.29. The highest BCUT2D eigenvalue weighted by molar-refractivity contribution is 7.19. The van der Waals surface area contributed by atoms with Crippen LogP contribution in [-0.4, -0.2) is 54.8 Å². The summed E-state index contributed by atoms with van der Waals surface area (Å²) in [5, 5.41) is 3.11. The first-order valence-corrected chi connectivity index (χ1v) is 10.7. The van der Waals surface area contributed by atoms with Gasteiger partial charge in [0.25, 0.3) is 5.91 Å². The topological polar surface area (TPSA) is 46.5 Å². The van der Waals surface area contributed by atoms with Gasteiger partial charge < -0.3 is 14.6 Å². The minimum absolute atomic E-state index is 0.00182. The number of thiophene rings is 1. The summed E-state index contributed by atoms with van der Waals surface area (Å²) in [7, 11) is 0. The molecule has 1 saturated heterocycles. The molecule has 1 amide bonds. The number of rotatable bonds is 6. The molecule has 0 aliphatic carbocycles. The zero-order valence-corrected chi connectivity index (χ0v) is 17.3. The molecule has 1 aliphatic rings. The molecule has 3 heterocycles. The molecule has 0 spiro atoms. The lowest BCUT2D eigenvalue weighted by atomic mass is 10.1. The Kier molecular flexibility index (Phi) is 5.80. The minimum atomic E-state index is 0.00182. The van der Waals surface area contributed by atoms with Crippen molar-refractivity contribution in [2.45, 2.75) is 20.4 Å². The number of nitrogens with zero attached hydrogens (tertiary/aromatic N) is 2. The normalized spacial score (nSPS) is 15.2. The monoisotopic (exact) mass is 397 g/mol. The molecule has 5 nitrogen and oxygen atoms in total. The number of carbonyl (C=O) groups is 1. The Labute approximate surface area is 169 Å². The fourth-order valence-electron chi connectivity index (χ4n) is 3.76. The molecule has 0 radical (unpaired) electrons. The van der Waals surface area contributed by atoms with Gasteiger partial charge >= 0.3 is 0 Å². The number of fused-ring (bicyclic) bond motifs is 1. The van der Waals surface area contributed by atoms with Gasteiger partial charge in [0.1, 0.15) is 5.69 Å². The third-order valence-electron chi connectivity index (χ3n) is 5.19. The van der Waals surface area contributed by atoms with E-state index in [1.54, 1.807) is 11.3 Å². The molecule has 2 aromatic heterocycles. The van der Waals surface area contributed by atoms with Gasteiger partial charge in [-0.25, -0.2) is 0 Å². The summed E-state index contributed by atoms with van der Waals surface area (Å²) in [6, 6.07) is 12.7. The fraction of sp³-hybridized carbons (Fsp3) is 0.409. The third kappa shape index (κ3) is 4.29. The molecule has 1 aromatic carbocycles. The third-order valence-corrected chi connectivity index (χ3v) is 6.17. The molecule has 148 valence electrons. The number of carbonyl (C=O) groups excluding carboxylic acids is 1. The van der Waals surface area contributed by atoms with Gasteiger partial charge in [-0.15, -0.1) is 11.3 Å². The van der Waals surface area contributed by atoms with Crippen molar-refractivity contribution in [2.24, 2.45) is 0 Å². The summed E-state index contributed by atoms with van der Waals surface area (Å²) in [5.74, 6) is 0.00182. The molecule has 3 aromatic rings. The van der Waals surface area contributed by atoms with Gasteiger partial charge in [-0.3, -0.25) is 9.69 Å². The van der Waals surface area contributed by atoms with Crippen molar-refractivity contribution in [3.63, 3.8) is 0 Å². The van der Waals surface area contributed by atoms with Crippen LogP contribution in [0.15, 0.2) is 36.4 Å². The van der Waals surface area contributed by atoms with Crippen LogP contribution in [0.1, 0.15) is 26.5 Å². The van der Waals surface area contributed by atoms with E-state index in [4.69, 9.17) is 4.74 Å². The van der Waals surface area contributed by atoms with Gasteiger partial charge in [0, 0.05) is 37.6 Å². The maximum absolute atomic E-state index is 12.9. The van der Waals surface area contributed by atoms with Gasteiger partial charge in [-0.1, -0.05) is 29.8 Å². The second-order valence-electron chi connectivity index (χ2n) is 7.42. The molecule has 4 rings (SSSR count). The second kappa shape index (κ2) is 8.47. The quantitative estimate of drug-likeness (QED) is 0.693. The van der Waals surface area contributed by atoms with Crippen molar-refractivity contribution < 1.29 is 9.53 Å². The molecule has 1 aliphatic heterocycles. The Hall–Kier alpha value is -2.15. The molecular formula is C22H27N3O2S. The van der Waals surface area contributed by atoms with Crippen LogP contribution in [0.5, 0.6) is 0 Å². The number of morpholine rings is 1. The Morgan fingerprint density at radius 2 is 2.00 bits per heavy atom. The first-order valence-electron chi connectivity index (χ1n) is 9.84. The summed E-state index contributed by atoms with van der Waals surface area (Å²) < 4.78 is 8.70. The van der Waals surface area contributed by atoms with E-state index >= 15 is 0 Å². The van der Waals surface area contributed by atoms with E-state index in [-0.39, 0.29) is 5.91 Å². The number of benzene rings is 1. The fourth-order valence-corrected chi connectivity index (χ4v) is 4.72. The number of amides is 1. The summed E-state index contributed by atoms with van der Waals surface area (Å²) in [4.78, 5) is 16.5. The predicted octanol–water partition coefficient (Wildman–Crippen LogP) is 3.43. The van der Waals surface area contributed by atoms with E-state index in [0.29, 0.717) is 13.1 Å². The summed E-state index contributed by atoms with van der Waals surface area (Å²) in [6.45, 7) is 9.87. The highest BCUT2D eigenvalue weighted by atomic mass is 32.1. The molecular weight excluding hydrogens is 370 g/mol. The summed E-state index contributed by atoms with van der Waals surface area (Å²) in [5.41, 5.74) is 4.33. The van der Waals surface area contributed by atoms with Gasteiger partial charge in [0.05, 0.1) is 23.4 Å². The number of aryl methyl sites for hydroxylation is 2. The average Bonchev–Trinajstić information content (AvgIpc) is 3.20. The number of hydrogen-bond acceptors (Lipinski definition) is 4. The van der Waals surface area contributed by atoms with E-state index in [9.17, 15) is 4.79 Å². The Bertz CT molecular complexity index is 969. The number of nitrogens with one attached hydrogen (secondary N) is 1. The zero-order chi connectivity index (χ0) is 19.5. The summed E-state index contributed by atoms with van der Waals surface area (Å²) in [6.07, 6.45) is 0. The lowest BCUT2D eigenvalue weighted by Crippen LogP contribution is -2.41. The van der Waals surface area contributed by atoms with E-state index in [0.717, 1.165) is 44.1 Å². The molecule has 6 heteroatoms. The largest absolute Gasteiger partial charge is 0.379 e. The number of ether oxygens (including phenoxy) is 1. The van der Waals surface area contributed by atoms with Crippen molar-refractivity contribution in [3.8, 4) is 0 Å². The second-order valence-corrected chi connectivity index (χ2v) is 8.71. The van der Waals surface area contributed by atoms with Crippen LogP contribution in [-0.2, 0) is 11.3 Å². The van der Waals surface area contributed by atoms with Crippen molar-refractivity contribution in [1.29, 1.82) is 0 Å². The number of aromatic nitrogens is 1. The molecule has 0 bridgehead atoms. The standard InChI is InChI=1S/C22H27N3O2S/c1-16-4-3-5-18(12-16)15-25-19-13-17(2)28-21(19)14-20(25)22(26)23-6-7-24-8-10-27-11-9-24/h3-5,12-14H,6-11,15H2,1-2H3,(H,23,26). The summed E-state index contributed by atoms with van der Waals surface area (Å²) >= 11 is 1.74. The van der Waals surface area contributed by atoms with Gasteiger partial charge in [-0.05, 0) is 31.5 Å². The van der Waals surface area contributed by atoms with Crippen molar-refractivity contribution in [3.05, 3.63) is 58.1 Å². The maximum Gasteiger partial charge on any atom is 0.268 e. The SMILES string of the molecule is Cc1cccc(Cn2c(C(=O)NCCN3CCOCC3)cc3sc(C)cc32)c1. The van der Waals surface area contributed by atoms with Crippen LogP contribution in [0.2, 0.25) is 0 Å². The first kappa shape index (κ1) is 19.2.